The first kappa shape index (κ1) is 15.3. The van der Waals surface area contributed by atoms with Gasteiger partial charge in [-0.25, -0.2) is 9.37 Å². The number of pyridine rings is 1. The van der Waals surface area contributed by atoms with E-state index in [9.17, 15) is 9.18 Å². The van der Waals surface area contributed by atoms with Gasteiger partial charge in [-0.1, -0.05) is 23.4 Å². The fourth-order valence-corrected chi connectivity index (χ4v) is 2.42. The quantitative estimate of drug-likeness (QED) is 0.876. The summed E-state index contributed by atoms with van der Waals surface area (Å²) >= 11 is 6.79. The monoisotopic (exact) mass is 321 g/mol. The predicted molar refractivity (Wildman–Crippen MR) is 79.7 cm³/mol. The highest BCUT2D eigenvalue weighted by atomic mass is 35.5. The zero-order chi connectivity index (χ0) is 15.2. The Balaban J connectivity index is 1.96. The van der Waals surface area contributed by atoms with Gasteiger partial charge >= 0.3 is 0 Å². The van der Waals surface area contributed by atoms with Crippen LogP contribution < -0.4 is 5.32 Å². The molecule has 2 aromatic rings. The van der Waals surface area contributed by atoms with Crippen LogP contribution in [0.25, 0.3) is 0 Å². The molecule has 0 bridgehead atoms. The van der Waals surface area contributed by atoms with Crippen LogP contribution in [-0.2, 0) is 4.79 Å². The van der Waals surface area contributed by atoms with E-state index in [1.165, 1.54) is 18.2 Å². The van der Waals surface area contributed by atoms with Crippen molar-refractivity contribution in [3.05, 3.63) is 52.9 Å². The molecule has 4 nitrogen and oxygen atoms in total. The van der Waals surface area contributed by atoms with Crippen molar-refractivity contribution < 1.29 is 9.18 Å². The maximum atomic E-state index is 13.0. The molecular formula is C14H9ClFN3OS. The van der Waals surface area contributed by atoms with E-state index in [0.717, 1.165) is 11.8 Å². The summed E-state index contributed by atoms with van der Waals surface area (Å²) in [7, 11) is 0. The number of nitrogens with one attached hydrogen (secondary N) is 1. The van der Waals surface area contributed by atoms with Crippen LogP contribution in [0.2, 0.25) is 5.02 Å². The lowest BCUT2D eigenvalue weighted by Crippen LogP contribution is -2.14. The Morgan fingerprint density at radius 2 is 2.29 bits per heavy atom. The number of carbonyl (C=O) groups excluding carboxylic acids is 1. The van der Waals surface area contributed by atoms with Gasteiger partial charge in [0, 0.05) is 11.9 Å². The minimum atomic E-state index is -0.545. The fourth-order valence-electron chi connectivity index (χ4n) is 1.50. The lowest BCUT2D eigenvalue weighted by atomic mass is 10.3. The molecule has 7 heteroatoms. The molecule has 0 fully saturated rings. The van der Waals surface area contributed by atoms with Crippen molar-refractivity contribution in [3.63, 3.8) is 0 Å². The molecule has 0 radical (unpaired) electrons. The molecule has 106 valence electrons. The summed E-state index contributed by atoms with van der Waals surface area (Å²) in [6.45, 7) is 0. The predicted octanol–water partition coefficient (Wildman–Crippen LogP) is 3.48. The highest BCUT2D eigenvalue weighted by molar-refractivity contribution is 8.00. The number of benzene rings is 1. The molecule has 2 rings (SSSR count). The maximum Gasteiger partial charge on any atom is 0.234 e. The van der Waals surface area contributed by atoms with Gasteiger partial charge in [-0.2, -0.15) is 5.26 Å². The summed E-state index contributed by atoms with van der Waals surface area (Å²) in [5.41, 5.74) is 0.827. The molecule has 0 aliphatic rings. The second-order valence-electron chi connectivity index (χ2n) is 3.93. The van der Waals surface area contributed by atoms with Crippen LogP contribution in [-0.4, -0.2) is 16.6 Å². The number of aromatic nitrogens is 1. The molecule has 0 atom stereocenters. The molecule has 1 N–H and O–H groups in total. The summed E-state index contributed by atoms with van der Waals surface area (Å²) in [6.07, 6.45) is 1.56. The van der Waals surface area contributed by atoms with E-state index in [0.29, 0.717) is 16.3 Å². The summed E-state index contributed by atoms with van der Waals surface area (Å²) < 4.78 is 13.0. The number of halogens is 2. The molecule has 0 spiro atoms. The van der Waals surface area contributed by atoms with Gasteiger partial charge in [-0.3, -0.25) is 4.79 Å². The van der Waals surface area contributed by atoms with Crippen LogP contribution in [0.1, 0.15) is 5.56 Å². The van der Waals surface area contributed by atoms with E-state index in [4.69, 9.17) is 16.9 Å². The molecule has 1 heterocycles. The van der Waals surface area contributed by atoms with Crippen LogP contribution in [0.15, 0.2) is 41.6 Å². The van der Waals surface area contributed by atoms with E-state index in [1.807, 2.05) is 6.07 Å². The second kappa shape index (κ2) is 7.07. The number of nitrogens with zero attached hydrogens (tertiary/aromatic N) is 2. The summed E-state index contributed by atoms with van der Waals surface area (Å²) in [6, 6.07) is 9.23. The maximum absolute atomic E-state index is 13.0. The van der Waals surface area contributed by atoms with Gasteiger partial charge in [0.2, 0.25) is 5.91 Å². The van der Waals surface area contributed by atoms with Crippen molar-refractivity contribution in [1.82, 2.24) is 4.98 Å². The van der Waals surface area contributed by atoms with Crippen molar-refractivity contribution in [2.45, 2.75) is 5.03 Å². The number of rotatable bonds is 4. The van der Waals surface area contributed by atoms with E-state index in [2.05, 4.69) is 10.3 Å². The number of nitriles is 1. The molecule has 0 unspecified atom stereocenters. The highest BCUT2D eigenvalue weighted by Crippen LogP contribution is 2.21. The number of carbonyl (C=O) groups is 1. The van der Waals surface area contributed by atoms with E-state index in [-0.39, 0.29) is 16.7 Å². The zero-order valence-corrected chi connectivity index (χ0v) is 12.2. The molecule has 1 aromatic heterocycles. The lowest BCUT2D eigenvalue weighted by Gasteiger charge is -2.06. The lowest BCUT2D eigenvalue weighted by molar-refractivity contribution is -0.113. The number of hydrogen-bond donors (Lipinski definition) is 1. The Kier molecular flexibility index (Phi) is 5.14. The third-order valence-corrected chi connectivity index (χ3v) is 3.73. The van der Waals surface area contributed by atoms with Gasteiger partial charge in [0.1, 0.15) is 16.9 Å². The number of amides is 1. The zero-order valence-electron chi connectivity index (χ0n) is 10.6. The van der Waals surface area contributed by atoms with E-state index < -0.39 is 5.82 Å². The van der Waals surface area contributed by atoms with Gasteiger partial charge in [-0.15, -0.1) is 0 Å². The summed E-state index contributed by atoms with van der Waals surface area (Å²) in [4.78, 5) is 15.8. The number of anilines is 1. The van der Waals surface area contributed by atoms with Crippen LogP contribution in [0.4, 0.5) is 10.1 Å². The third-order valence-electron chi connectivity index (χ3n) is 2.43. The van der Waals surface area contributed by atoms with Gasteiger partial charge in [-0.05, 0) is 30.3 Å². The smallest absolute Gasteiger partial charge is 0.234 e. The first-order valence-corrected chi connectivity index (χ1v) is 7.19. The Morgan fingerprint density at radius 3 is 3.00 bits per heavy atom. The van der Waals surface area contributed by atoms with Crippen molar-refractivity contribution in [1.29, 1.82) is 5.26 Å². The molecule has 0 aliphatic heterocycles. The van der Waals surface area contributed by atoms with Crippen molar-refractivity contribution in [2.24, 2.45) is 0 Å². The molecule has 1 aromatic carbocycles. The van der Waals surface area contributed by atoms with Crippen LogP contribution in [0.3, 0.4) is 0 Å². The minimum absolute atomic E-state index is 0.0584. The van der Waals surface area contributed by atoms with Crippen molar-refractivity contribution >= 4 is 35.0 Å². The van der Waals surface area contributed by atoms with Gasteiger partial charge in [0.25, 0.3) is 0 Å². The van der Waals surface area contributed by atoms with Crippen LogP contribution >= 0.6 is 23.4 Å². The van der Waals surface area contributed by atoms with E-state index in [1.54, 1.807) is 18.3 Å². The Hall–Kier alpha value is -2.10. The average molecular weight is 322 g/mol. The Bertz CT molecular complexity index is 718. The van der Waals surface area contributed by atoms with Crippen molar-refractivity contribution in [3.8, 4) is 6.07 Å². The highest BCUT2D eigenvalue weighted by Gasteiger charge is 2.09. The van der Waals surface area contributed by atoms with E-state index >= 15 is 0 Å². The van der Waals surface area contributed by atoms with Gasteiger partial charge in [0.05, 0.1) is 16.3 Å². The Morgan fingerprint density at radius 1 is 1.48 bits per heavy atom. The van der Waals surface area contributed by atoms with Gasteiger partial charge < -0.3 is 5.32 Å². The summed E-state index contributed by atoms with van der Waals surface area (Å²) in [5.74, 6) is -0.755. The standard InChI is InChI=1S/C14H9ClFN3OS/c15-11-6-10(3-4-12(11)16)19-13(20)8-21-14-9(7-17)2-1-5-18-14/h1-6H,8H2,(H,19,20). The molecule has 0 aliphatic carbocycles. The molecule has 1 amide bonds. The van der Waals surface area contributed by atoms with Crippen LogP contribution in [0.5, 0.6) is 0 Å². The number of hydrogen-bond acceptors (Lipinski definition) is 4. The van der Waals surface area contributed by atoms with Crippen molar-refractivity contribution in [2.75, 3.05) is 11.1 Å². The topological polar surface area (TPSA) is 65.8 Å². The fraction of sp³-hybridized carbons (Fsp3) is 0.0714. The Labute approximate surface area is 129 Å². The number of thioether (sulfide) groups is 1. The first-order valence-electron chi connectivity index (χ1n) is 5.83. The first-order chi connectivity index (χ1) is 10.1. The summed E-state index contributed by atoms with van der Waals surface area (Å²) in [5, 5.41) is 12.0. The minimum Gasteiger partial charge on any atom is -0.325 e. The van der Waals surface area contributed by atoms with Gasteiger partial charge in [0.15, 0.2) is 0 Å². The molecular weight excluding hydrogens is 313 g/mol. The molecule has 0 saturated heterocycles. The SMILES string of the molecule is N#Cc1cccnc1SCC(=O)Nc1ccc(F)c(Cl)c1. The normalized spacial score (nSPS) is 9.95. The molecule has 0 saturated carbocycles. The molecule has 21 heavy (non-hydrogen) atoms. The third kappa shape index (κ3) is 4.18. The van der Waals surface area contributed by atoms with Crippen LogP contribution in [0, 0.1) is 17.1 Å². The largest absolute Gasteiger partial charge is 0.325 e. The second-order valence-corrected chi connectivity index (χ2v) is 5.30. The average Bonchev–Trinajstić information content (AvgIpc) is 2.49.